The fourth-order valence-corrected chi connectivity index (χ4v) is 0. The van der Waals surface area contributed by atoms with Gasteiger partial charge in [-0.15, -0.1) is 0 Å². The molecule has 8 nitrogen and oxygen atoms in total. The van der Waals surface area contributed by atoms with E-state index in [9.17, 15) is 0 Å². The summed E-state index contributed by atoms with van der Waals surface area (Å²) >= 11 is 0. The molecule has 0 atom stereocenters. The van der Waals surface area contributed by atoms with E-state index in [2.05, 4.69) is 0 Å². The van der Waals surface area contributed by atoms with Crippen molar-refractivity contribution in [3.63, 3.8) is 0 Å². The summed E-state index contributed by atoms with van der Waals surface area (Å²) < 4.78 is 0. The number of nitrogens with zero attached hydrogens (tertiary/aromatic N) is 2. The predicted molar refractivity (Wildman–Crippen MR) is 20.7 cm³/mol. The van der Waals surface area contributed by atoms with Gasteiger partial charge in [-0.05, 0) is 0 Å². The average molecular weight is 206 g/mol. The Labute approximate surface area is 86.6 Å². The SMILES string of the molecule is O=[N+]([O-])[O-].O=[N+]([O-])[O-].[Na+].[Ni]. The van der Waals surface area contributed by atoms with E-state index in [-0.39, 0.29) is 46.0 Å². The molecule has 0 heterocycles. The van der Waals surface area contributed by atoms with Crippen molar-refractivity contribution in [1.29, 1.82) is 0 Å². The van der Waals surface area contributed by atoms with E-state index in [1.165, 1.54) is 0 Å². The number of hydrogen-bond donors (Lipinski definition) is 0. The molecule has 0 unspecified atom stereocenters. The fraction of sp³-hybridized carbons (Fsp3) is 0. The second-order valence-electron chi connectivity index (χ2n) is 0.447. The molecule has 0 spiro atoms. The topological polar surface area (TPSA) is 132 Å². The monoisotopic (exact) mass is 205 g/mol. The van der Waals surface area contributed by atoms with Crippen LogP contribution < -0.4 is 29.6 Å². The van der Waals surface area contributed by atoms with Crippen LogP contribution in [-0.2, 0) is 16.5 Å². The third-order valence-electron chi connectivity index (χ3n) is 0. The van der Waals surface area contributed by atoms with Crippen LogP contribution in [0.25, 0.3) is 0 Å². The first-order valence-electron chi connectivity index (χ1n) is 1.10. The van der Waals surface area contributed by atoms with Crippen LogP contribution in [0.3, 0.4) is 0 Å². The fourth-order valence-electron chi connectivity index (χ4n) is 0. The van der Waals surface area contributed by atoms with E-state index in [0.717, 1.165) is 0 Å². The van der Waals surface area contributed by atoms with E-state index < -0.39 is 10.2 Å². The molecule has 0 aliphatic carbocycles. The largest absolute Gasteiger partial charge is 1.00 e. The quantitative estimate of drug-likeness (QED) is 0.229. The molecule has 0 saturated carbocycles. The Bertz CT molecular complexity index is 73.7. The van der Waals surface area contributed by atoms with E-state index in [1.807, 2.05) is 0 Å². The molecule has 10 heteroatoms. The van der Waals surface area contributed by atoms with Crippen molar-refractivity contribution in [3.8, 4) is 0 Å². The third kappa shape index (κ3) is 33100. The molecule has 0 fully saturated rings. The van der Waals surface area contributed by atoms with Gasteiger partial charge in [0, 0.05) is 16.5 Å². The molecule has 0 aromatic rings. The van der Waals surface area contributed by atoms with Crippen molar-refractivity contribution >= 4 is 0 Å². The number of hydrogen-bond acceptors (Lipinski definition) is 6. The van der Waals surface area contributed by atoms with Gasteiger partial charge < -0.3 is 30.6 Å². The minimum atomic E-state index is -1.75. The smallest absolute Gasteiger partial charge is 0.356 e. The van der Waals surface area contributed by atoms with Crippen LogP contribution in [0.1, 0.15) is 0 Å². The summed E-state index contributed by atoms with van der Waals surface area (Å²) in [5, 5.41) is 29.5. The van der Waals surface area contributed by atoms with Gasteiger partial charge in [0.25, 0.3) is 0 Å². The zero-order chi connectivity index (χ0) is 7.15. The van der Waals surface area contributed by atoms with Gasteiger partial charge in [0.15, 0.2) is 0 Å². The van der Waals surface area contributed by atoms with Gasteiger partial charge in [0.1, 0.15) is 0 Å². The molecule has 0 N–H and O–H groups in total. The van der Waals surface area contributed by atoms with Crippen LogP contribution in [0.5, 0.6) is 0 Å². The zero-order valence-electron chi connectivity index (χ0n) is 4.66. The van der Waals surface area contributed by atoms with E-state index in [0.29, 0.717) is 0 Å². The third-order valence-corrected chi connectivity index (χ3v) is 0. The normalized spacial score (nSPS) is 4.80. The average Bonchev–Trinajstić information content (AvgIpc) is 1.25. The van der Waals surface area contributed by atoms with Gasteiger partial charge in [0.05, 0.1) is 10.2 Å². The van der Waals surface area contributed by atoms with Gasteiger partial charge in [0.2, 0.25) is 0 Å². The summed E-state index contributed by atoms with van der Waals surface area (Å²) in [4.78, 5) is 16.5. The first-order valence-corrected chi connectivity index (χ1v) is 1.10. The van der Waals surface area contributed by atoms with E-state index in [4.69, 9.17) is 30.6 Å². The number of rotatable bonds is 0. The van der Waals surface area contributed by atoms with Crippen molar-refractivity contribution in [1.82, 2.24) is 0 Å². The van der Waals surface area contributed by atoms with Crippen LogP contribution in [0.4, 0.5) is 0 Å². The molecule has 0 aliphatic heterocycles. The summed E-state index contributed by atoms with van der Waals surface area (Å²) in [6.07, 6.45) is 0. The standard InChI is InChI=1S/2NO3.Na.Ni/c2*2-1(3)4;;/q2*-1;+1;. The summed E-state index contributed by atoms with van der Waals surface area (Å²) in [6, 6.07) is 0. The maximum absolute atomic E-state index is 8.25. The molecule has 0 aromatic carbocycles. The molecular formula is N2NaNiO6-. The Balaban J connectivity index is -0.0000000300. The van der Waals surface area contributed by atoms with Gasteiger partial charge in [-0.25, -0.2) is 0 Å². The summed E-state index contributed by atoms with van der Waals surface area (Å²) in [6.45, 7) is 0. The van der Waals surface area contributed by atoms with E-state index >= 15 is 0 Å². The Morgan fingerprint density at radius 1 is 0.800 bits per heavy atom. The van der Waals surface area contributed by atoms with Gasteiger partial charge in [-0.1, -0.05) is 0 Å². The zero-order valence-corrected chi connectivity index (χ0v) is 7.65. The minimum Gasteiger partial charge on any atom is -0.356 e. The van der Waals surface area contributed by atoms with Crippen molar-refractivity contribution < 1.29 is 56.2 Å². The van der Waals surface area contributed by atoms with Gasteiger partial charge in [-0.2, -0.15) is 0 Å². The Kier molecular flexibility index (Phi) is 35.9. The molecule has 58 valence electrons. The van der Waals surface area contributed by atoms with Crippen molar-refractivity contribution in [3.05, 3.63) is 30.6 Å². The maximum Gasteiger partial charge on any atom is 1.00 e. The van der Waals surface area contributed by atoms with Crippen LogP contribution >= 0.6 is 0 Å². The molecule has 0 rings (SSSR count). The van der Waals surface area contributed by atoms with Crippen molar-refractivity contribution in [2.45, 2.75) is 0 Å². The first kappa shape index (κ1) is 22.5. The summed E-state index contributed by atoms with van der Waals surface area (Å²) in [7, 11) is 0. The van der Waals surface area contributed by atoms with Crippen LogP contribution in [-0.4, -0.2) is 10.2 Å². The van der Waals surface area contributed by atoms with Crippen LogP contribution in [0, 0.1) is 30.6 Å². The minimum absolute atomic E-state index is 0. The Morgan fingerprint density at radius 2 is 0.800 bits per heavy atom. The molecule has 10 heavy (non-hydrogen) atoms. The van der Waals surface area contributed by atoms with Gasteiger partial charge >= 0.3 is 29.6 Å². The van der Waals surface area contributed by atoms with Crippen molar-refractivity contribution in [2.24, 2.45) is 0 Å². The van der Waals surface area contributed by atoms with Crippen molar-refractivity contribution in [2.75, 3.05) is 0 Å². The molecular weight excluding hydrogens is 206 g/mol. The van der Waals surface area contributed by atoms with Crippen LogP contribution in [0.15, 0.2) is 0 Å². The first-order chi connectivity index (χ1) is 3.46. The van der Waals surface area contributed by atoms with Crippen LogP contribution in [0.2, 0.25) is 0 Å². The second kappa shape index (κ2) is 16.0. The molecule has 0 amide bonds. The molecule has 0 radical (unpaired) electrons. The Hall–Kier alpha value is -0.106. The Morgan fingerprint density at radius 3 is 0.800 bits per heavy atom. The summed E-state index contributed by atoms with van der Waals surface area (Å²) in [5.41, 5.74) is 0. The molecule has 0 bridgehead atoms. The second-order valence-corrected chi connectivity index (χ2v) is 0.447. The van der Waals surface area contributed by atoms with E-state index in [1.54, 1.807) is 0 Å². The predicted octanol–water partition coefficient (Wildman–Crippen LogP) is -3.48. The molecule has 0 aliphatic rings. The molecule has 0 saturated heterocycles. The van der Waals surface area contributed by atoms with Gasteiger partial charge in [-0.3, -0.25) is 0 Å². The summed E-state index contributed by atoms with van der Waals surface area (Å²) in [5.74, 6) is 0. The molecule has 0 aromatic heterocycles. The maximum atomic E-state index is 8.25.